The van der Waals surface area contributed by atoms with Crippen LogP contribution >= 0.6 is 0 Å². The molecule has 0 aliphatic carbocycles. The van der Waals surface area contributed by atoms with Gasteiger partial charge >= 0.3 is 5.97 Å². The first-order valence-corrected chi connectivity index (χ1v) is 3.60. The van der Waals surface area contributed by atoms with E-state index in [1.807, 2.05) is 0 Å². The van der Waals surface area contributed by atoms with Crippen LogP contribution in [-0.4, -0.2) is 22.8 Å². The van der Waals surface area contributed by atoms with Gasteiger partial charge in [-0.1, -0.05) is 44.6 Å². The van der Waals surface area contributed by atoms with Crippen molar-refractivity contribution in [3.05, 3.63) is 0 Å². The fourth-order valence-corrected chi connectivity index (χ4v) is 0.356. The van der Waals surface area contributed by atoms with Crippen LogP contribution < -0.4 is 0 Å². The summed E-state index contributed by atoms with van der Waals surface area (Å²) in [6.45, 7) is -1.75. The summed E-state index contributed by atoms with van der Waals surface area (Å²) in [6, 6.07) is 0. The minimum atomic E-state index is -4.70. The van der Waals surface area contributed by atoms with E-state index in [4.69, 9.17) is 37.6 Å². The van der Waals surface area contributed by atoms with Crippen molar-refractivity contribution in [1.29, 1.82) is 0 Å². The number of aliphatic carboxylic acids is 1. The van der Waals surface area contributed by atoms with Crippen molar-refractivity contribution in [2.24, 2.45) is 0 Å². The van der Waals surface area contributed by atoms with Crippen molar-refractivity contribution < 1.29 is 42.4 Å². The summed E-state index contributed by atoms with van der Waals surface area (Å²) in [5.41, 5.74) is 0. The van der Waals surface area contributed by atoms with Crippen molar-refractivity contribution >= 4 is 5.97 Å². The molecule has 0 amide bonds. The summed E-state index contributed by atoms with van der Waals surface area (Å²) >= 11 is 0. The van der Waals surface area contributed by atoms with Gasteiger partial charge in [0, 0.05) is 40.4 Å². The van der Waals surface area contributed by atoms with Crippen LogP contribution in [0.3, 0.4) is 0 Å². The Balaban J connectivity index is 7.14. The van der Waals surface area contributed by atoms with Gasteiger partial charge in [0.2, 0.25) is 0 Å². The highest BCUT2D eigenvalue weighted by Crippen LogP contribution is 2.10. The zero-order valence-corrected chi connectivity index (χ0v) is 7.51. The van der Waals surface area contributed by atoms with Gasteiger partial charge in [-0.15, -0.1) is 0 Å². The van der Waals surface area contributed by atoms with Crippen LogP contribution in [0.15, 0.2) is 0 Å². The fraction of sp³-hybridized carbons (Fsp3) is 0.917. The summed E-state index contributed by atoms with van der Waals surface area (Å²) in [5.74, 6) is -2.64. The molecule has 15 heavy (non-hydrogen) atoms. The summed E-state index contributed by atoms with van der Waals surface area (Å²) in [4.78, 5) is 11.1. The Kier molecular flexibility index (Phi) is 1.79. The monoisotopic (exact) mass is 236 g/mol. The Hall–Kier alpha value is -0.570. The highest BCUT2D eigenvalue weighted by Gasteiger charge is 1.96. The van der Waals surface area contributed by atoms with E-state index in [1.165, 1.54) is 0 Å². The Labute approximate surface area is 121 Å². The van der Waals surface area contributed by atoms with Gasteiger partial charge in [-0.2, -0.15) is 0 Å². The van der Waals surface area contributed by atoms with Crippen molar-refractivity contribution in [1.82, 2.24) is 0 Å². The molecule has 0 saturated carbocycles. The van der Waals surface area contributed by atoms with Gasteiger partial charge in [0.25, 0.3) is 0 Å². The van der Waals surface area contributed by atoms with Crippen LogP contribution in [0.4, 0.5) is 0 Å². The molecule has 0 aromatic carbocycles. The molecule has 0 heterocycles. The first-order chi connectivity index (χ1) is 14.8. The molecule has 3 heteroatoms. The van der Waals surface area contributed by atoms with E-state index in [1.54, 1.807) is 0 Å². The molecule has 0 radical (unpaired) electrons. The number of carboxylic acid groups (broad SMARTS) is 1. The van der Waals surface area contributed by atoms with Crippen LogP contribution in [0.25, 0.3) is 0 Å². The molecule has 0 fully saturated rings. The maximum absolute atomic E-state index is 11.1. The summed E-state index contributed by atoms with van der Waals surface area (Å²) in [5, 5.41) is 18.0. The molecule has 0 bridgehead atoms. The SMILES string of the molecule is [2H]C([2H])(CO)C([2H])([2H])C([2H])([2H])C([2H])([2H])C([2H])([2H])C([2H])([2H])C([2H])([2H])C([2H])([2H])C([2H])([2H])C([2H])([2H])C(=O)O. The maximum Gasteiger partial charge on any atom is 0.303 e. The van der Waals surface area contributed by atoms with E-state index >= 15 is 0 Å². The van der Waals surface area contributed by atoms with Crippen molar-refractivity contribution in [2.75, 3.05) is 6.61 Å². The van der Waals surface area contributed by atoms with Gasteiger partial charge in [-0.25, -0.2) is 0 Å². The topological polar surface area (TPSA) is 57.5 Å². The molecule has 0 rings (SSSR count). The molecule has 2 N–H and O–H groups in total. The largest absolute Gasteiger partial charge is 0.481 e. The lowest BCUT2D eigenvalue weighted by atomic mass is 10.1. The second-order valence-corrected chi connectivity index (χ2v) is 1.77. The molecular formula is C12H24O3. The smallest absolute Gasteiger partial charge is 0.303 e. The number of carboxylic acids is 1. The van der Waals surface area contributed by atoms with Crippen molar-refractivity contribution in [3.8, 4) is 0 Å². The van der Waals surface area contributed by atoms with E-state index in [0.717, 1.165) is 0 Å². The lowest BCUT2D eigenvalue weighted by molar-refractivity contribution is -0.137. The first kappa shape index (κ1) is 2.33. The molecule has 0 aliphatic rings. The molecule has 0 aromatic heterocycles. The molecule has 0 aromatic rings. The molecule has 90 valence electrons. The Bertz CT molecular complexity index is 814. The Morgan fingerprint density at radius 1 is 0.867 bits per heavy atom. The molecule has 0 spiro atoms. The fourth-order valence-electron chi connectivity index (χ4n) is 0.356. The highest BCUT2D eigenvalue weighted by molar-refractivity contribution is 5.66. The zero-order chi connectivity index (χ0) is 29.3. The normalized spacial score (nSPS) is 39.8. The number of carbonyl (C=O) groups is 1. The predicted molar refractivity (Wildman–Crippen MR) is 60.9 cm³/mol. The van der Waals surface area contributed by atoms with E-state index in [9.17, 15) is 4.79 Å². The molecule has 0 aliphatic heterocycles. The second kappa shape index (κ2) is 11.5. The van der Waals surface area contributed by atoms with Gasteiger partial charge in [0.05, 0.1) is 0 Å². The third-order valence-electron chi connectivity index (χ3n) is 0.774. The average Bonchev–Trinajstić information content (AvgIpc) is 2.66. The number of aliphatic hydroxyl groups is 1. The standard InChI is InChI=1S/C12H24O3/c13-11-9-7-5-3-1-2-4-6-8-10-12(14)15/h13H,1-11H2,(H,14,15)/i1D2,2D2,3D2,4D2,5D2,6D2,7D2,8D2,9D2,10D2. The second-order valence-electron chi connectivity index (χ2n) is 1.77. The summed E-state index contributed by atoms with van der Waals surface area (Å²) < 4.78 is 154. The quantitative estimate of drug-likeness (QED) is 0.580. The van der Waals surface area contributed by atoms with Gasteiger partial charge < -0.3 is 10.2 Å². The number of hydrogen-bond donors (Lipinski definition) is 2. The van der Waals surface area contributed by atoms with E-state index in [2.05, 4.69) is 0 Å². The van der Waals surface area contributed by atoms with E-state index in [-0.39, 0.29) is 0 Å². The first-order valence-electron chi connectivity index (χ1n) is 13.6. The summed E-state index contributed by atoms with van der Waals surface area (Å²) in [6.07, 6.45) is -44.1. The lowest BCUT2D eigenvalue weighted by Crippen LogP contribution is -1.93. The zero-order valence-electron chi connectivity index (χ0n) is 27.5. The van der Waals surface area contributed by atoms with Gasteiger partial charge in [0.1, 0.15) is 0 Å². The molecule has 0 unspecified atom stereocenters. The van der Waals surface area contributed by atoms with E-state index in [0.29, 0.717) is 0 Å². The van der Waals surface area contributed by atoms with Crippen molar-refractivity contribution in [3.63, 3.8) is 0 Å². The molecular weight excluding hydrogens is 192 g/mol. The highest BCUT2D eigenvalue weighted by atomic mass is 16.4. The van der Waals surface area contributed by atoms with Crippen LogP contribution in [0, 0.1) is 0 Å². The minimum Gasteiger partial charge on any atom is -0.481 e. The lowest BCUT2D eigenvalue weighted by Gasteiger charge is -2.00. The number of aliphatic hydroxyl groups excluding tert-OH is 1. The number of hydrogen-bond acceptors (Lipinski definition) is 2. The van der Waals surface area contributed by atoms with Crippen molar-refractivity contribution in [2.45, 2.75) is 63.7 Å². The molecule has 3 nitrogen and oxygen atoms in total. The Morgan fingerprint density at radius 3 is 1.67 bits per heavy atom. The van der Waals surface area contributed by atoms with Crippen LogP contribution in [0.5, 0.6) is 0 Å². The van der Waals surface area contributed by atoms with Crippen LogP contribution in [0.2, 0.25) is 0 Å². The minimum absolute atomic E-state index is 1.75. The predicted octanol–water partition coefficient (Wildman–Crippen LogP) is 2.96. The molecule has 0 saturated heterocycles. The van der Waals surface area contributed by atoms with Gasteiger partial charge in [-0.05, 0) is 12.7 Å². The summed E-state index contributed by atoms with van der Waals surface area (Å²) in [7, 11) is 0. The van der Waals surface area contributed by atoms with Gasteiger partial charge in [-0.3, -0.25) is 4.79 Å². The maximum atomic E-state index is 11.1. The average molecular weight is 236 g/mol. The van der Waals surface area contributed by atoms with Gasteiger partial charge in [0.15, 0.2) is 0 Å². The van der Waals surface area contributed by atoms with Crippen LogP contribution in [-0.2, 0) is 4.79 Å². The van der Waals surface area contributed by atoms with E-state index < -0.39 is 76.3 Å². The third kappa shape index (κ3) is 13.4. The third-order valence-corrected chi connectivity index (χ3v) is 0.774. The molecule has 0 atom stereocenters. The number of rotatable bonds is 11. The van der Waals surface area contributed by atoms with Crippen LogP contribution in [0.1, 0.15) is 91.1 Å². The Morgan fingerprint density at radius 2 is 1.27 bits per heavy atom.